The van der Waals surface area contributed by atoms with Crippen molar-refractivity contribution in [1.29, 1.82) is 0 Å². The summed E-state index contributed by atoms with van der Waals surface area (Å²) in [6.45, 7) is 1.85. The largest absolute Gasteiger partial charge is 0.423 e. The zero-order chi connectivity index (χ0) is 17.2. The van der Waals surface area contributed by atoms with Crippen LogP contribution in [0.1, 0.15) is 28.2 Å². The highest BCUT2D eigenvalue weighted by Gasteiger charge is 2.23. The molecule has 0 unspecified atom stereocenters. The Bertz CT molecular complexity index is 1020. The Morgan fingerprint density at radius 3 is 1.84 bits per heavy atom. The van der Waals surface area contributed by atoms with Crippen LogP contribution < -0.4 is 5.63 Å². The minimum atomic E-state index is -0.273. The first kappa shape index (κ1) is 15.4. The average Bonchev–Trinajstić information content (AvgIpc) is 2.67. The molecule has 0 aliphatic heterocycles. The summed E-state index contributed by atoms with van der Waals surface area (Å²) in [5, 5.41) is 0.984. The van der Waals surface area contributed by atoms with Crippen molar-refractivity contribution >= 4 is 11.0 Å². The third-order valence-corrected chi connectivity index (χ3v) is 4.64. The SMILES string of the molecule is Cc1c(C(c2ccccc2)c2ccccc2)c2ccccc2oc1=O. The van der Waals surface area contributed by atoms with E-state index in [0.29, 0.717) is 11.1 Å². The monoisotopic (exact) mass is 326 g/mol. The molecule has 0 saturated heterocycles. The molecule has 0 saturated carbocycles. The van der Waals surface area contributed by atoms with Gasteiger partial charge >= 0.3 is 5.63 Å². The molecule has 3 aromatic carbocycles. The van der Waals surface area contributed by atoms with Crippen molar-refractivity contribution in [3.8, 4) is 0 Å². The van der Waals surface area contributed by atoms with Gasteiger partial charge in [-0.05, 0) is 29.7 Å². The van der Waals surface area contributed by atoms with Crippen LogP contribution in [0.5, 0.6) is 0 Å². The van der Waals surface area contributed by atoms with Gasteiger partial charge < -0.3 is 4.42 Å². The zero-order valence-electron chi connectivity index (χ0n) is 14.0. The van der Waals surface area contributed by atoms with Crippen LogP contribution in [0.15, 0.2) is 94.1 Å². The maximum absolute atomic E-state index is 12.5. The molecule has 1 heterocycles. The minimum absolute atomic E-state index is 0.0172. The summed E-state index contributed by atoms with van der Waals surface area (Å²) in [6.07, 6.45) is 0. The van der Waals surface area contributed by atoms with Crippen molar-refractivity contribution < 1.29 is 4.42 Å². The van der Waals surface area contributed by atoms with E-state index in [1.54, 1.807) is 0 Å². The molecule has 0 N–H and O–H groups in total. The number of para-hydroxylation sites is 1. The molecule has 0 fully saturated rings. The number of benzene rings is 3. The van der Waals surface area contributed by atoms with Crippen LogP contribution in [-0.4, -0.2) is 0 Å². The van der Waals surface area contributed by atoms with Crippen molar-refractivity contribution in [2.45, 2.75) is 12.8 Å². The van der Waals surface area contributed by atoms with Gasteiger partial charge in [0.2, 0.25) is 0 Å². The highest BCUT2D eigenvalue weighted by atomic mass is 16.4. The first-order chi connectivity index (χ1) is 12.3. The average molecular weight is 326 g/mol. The predicted molar refractivity (Wildman–Crippen MR) is 101 cm³/mol. The Morgan fingerprint density at radius 2 is 1.24 bits per heavy atom. The van der Waals surface area contributed by atoms with Gasteiger partial charge in [-0.25, -0.2) is 4.79 Å². The van der Waals surface area contributed by atoms with Gasteiger partial charge in [-0.3, -0.25) is 0 Å². The molecular formula is C23H18O2. The van der Waals surface area contributed by atoms with E-state index in [9.17, 15) is 4.79 Å². The summed E-state index contributed by atoms with van der Waals surface area (Å²) in [4.78, 5) is 12.5. The van der Waals surface area contributed by atoms with Gasteiger partial charge in [-0.1, -0.05) is 78.9 Å². The normalized spacial score (nSPS) is 11.1. The molecule has 2 nitrogen and oxygen atoms in total. The molecule has 1 aromatic heterocycles. The third kappa shape index (κ3) is 2.76. The van der Waals surface area contributed by atoms with Crippen LogP contribution in [0, 0.1) is 6.92 Å². The van der Waals surface area contributed by atoms with Crippen molar-refractivity contribution in [3.63, 3.8) is 0 Å². The summed E-state index contributed by atoms with van der Waals surface area (Å²) in [5.74, 6) is -0.0172. The molecule has 0 aliphatic carbocycles. The van der Waals surface area contributed by atoms with E-state index < -0.39 is 0 Å². The smallest absolute Gasteiger partial charge is 0.339 e. The fourth-order valence-electron chi connectivity index (χ4n) is 3.46. The van der Waals surface area contributed by atoms with Crippen LogP contribution in [0.3, 0.4) is 0 Å². The van der Waals surface area contributed by atoms with Gasteiger partial charge in [0.05, 0.1) is 0 Å². The minimum Gasteiger partial charge on any atom is -0.423 e. The highest BCUT2D eigenvalue weighted by Crippen LogP contribution is 2.36. The van der Waals surface area contributed by atoms with Crippen LogP contribution in [0.25, 0.3) is 11.0 Å². The van der Waals surface area contributed by atoms with Gasteiger partial charge in [0.1, 0.15) is 5.58 Å². The van der Waals surface area contributed by atoms with E-state index in [1.165, 1.54) is 0 Å². The quantitative estimate of drug-likeness (QED) is 0.479. The first-order valence-electron chi connectivity index (χ1n) is 8.38. The summed E-state index contributed by atoms with van der Waals surface area (Å²) >= 11 is 0. The Hall–Kier alpha value is -3.13. The fourth-order valence-corrected chi connectivity index (χ4v) is 3.46. The number of fused-ring (bicyclic) bond motifs is 1. The number of hydrogen-bond donors (Lipinski definition) is 0. The second kappa shape index (κ2) is 6.40. The lowest BCUT2D eigenvalue weighted by molar-refractivity contribution is 0.552. The summed E-state index contributed by atoms with van der Waals surface area (Å²) in [6, 6.07) is 28.4. The molecule has 0 amide bonds. The maximum atomic E-state index is 12.5. The van der Waals surface area contributed by atoms with Gasteiger partial charge in [-0.2, -0.15) is 0 Å². The van der Waals surface area contributed by atoms with Crippen molar-refractivity contribution in [2.24, 2.45) is 0 Å². The zero-order valence-corrected chi connectivity index (χ0v) is 14.0. The van der Waals surface area contributed by atoms with Crippen molar-refractivity contribution in [2.75, 3.05) is 0 Å². The number of hydrogen-bond acceptors (Lipinski definition) is 2. The molecule has 2 heteroatoms. The van der Waals surface area contributed by atoms with E-state index in [0.717, 1.165) is 22.1 Å². The molecule has 0 aliphatic rings. The van der Waals surface area contributed by atoms with Crippen LogP contribution in [0.4, 0.5) is 0 Å². The van der Waals surface area contributed by atoms with E-state index in [1.807, 2.05) is 67.6 Å². The van der Waals surface area contributed by atoms with E-state index in [2.05, 4.69) is 24.3 Å². The van der Waals surface area contributed by atoms with Crippen LogP contribution in [-0.2, 0) is 0 Å². The van der Waals surface area contributed by atoms with E-state index in [4.69, 9.17) is 4.42 Å². The Balaban J connectivity index is 2.09. The maximum Gasteiger partial charge on any atom is 0.339 e. The lowest BCUT2D eigenvalue weighted by Gasteiger charge is -2.22. The molecule has 0 spiro atoms. The fraction of sp³-hybridized carbons (Fsp3) is 0.0870. The molecular weight excluding hydrogens is 308 g/mol. The summed E-state index contributed by atoms with van der Waals surface area (Å²) < 4.78 is 5.50. The molecule has 4 rings (SSSR count). The lowest BCUT2D eigenvalue weighted by Crippen LogP contribution is -2.13. The molecule has 25 heavy (non-hydrogen) atoms. The highest BCUT2D eigenvalue weighted by molar-refractivity contribution is 5.83. The van der Waals surface area contributed by atoms with Crippen molar-refractivity contribution in [1.82, 2.24) is 0 Å². The summed E-state index contributed by atoms with van der Waals surface area (Å²) in [5.41, 5.74) is 4.36. The lowest BCUT2D eigenvalue weighted by atomic mass is 9.82. The van der Waals surface area contributed by atoms with Gasteiger partial charge in [0.25, 0.3) is 0 Å². The number of rotatable bonds is 3. The van der Waals surface area contributed by atoms with Gasteiger partial charge in [0, 0.05) is 16.9 Å². The van der Waals surface area contributed by atoms with E-state index >= 15 is 0 Å². The second-order valence-corrected chi connectivity index (χ2v) is 6.18. The second-order valence-electron chi connectivity index (χ2n) is 6.18. The Labute approximate surface area is 146 Å². The molecule has 122 valence electrons. The van der Waals surface area contributed by atoms with Crippen LogP contribution >= 0.6 is 0 Å². The third-order valence-electron chi connectivity index (χ3n) is 4.64. The molecule has 4 aromatic rings. The molecule has 0 radical (unpaired) electrons. The predicted octanol–water partition coefficient (Wildman–Crippen LogP) is 5.28. The molecule has 0 atom stereocenters. The topological polar surface area (TPSA) is 30.2 Å². The van der Waals surface area contributed by atoms with E-state index in [-0.39, 0.29) is 11.5 Å². The standard InChI is InChI=1S/C23H18O2/c1-16-21(19-14-8-9-15-20(19)25-23(16)24)22(17-10-4-2-5-11-17)18-12-6-3-7-13-18/h2-15,22H,1H3. The van der Waals surface area contributed by atoms with Gasteiger partial charge in [0.15, 0.2) is 0 Å². The summed E-state index contributed by atoms with van der Waals surface area (Å²) in [7, 11) is 0. The Morgan fingerprint density at radius 1 is 0.720 bits per heavy atom. The van der Waals surface area contributed by atoms with Gasteiger partial charge in [-0.15, -0.1) is 0 Å². The molecule has 0 bridgehead atoms. The van der Waals surface area contributed by atoms with Crippen molar-refractivity contribution in [3.05, 3.63) is 118 Å². The first-order valence-corrected chi connectivity index (χ1v) is 8.38. The van der Waals surface area contributed by atoms with Crippen LogP contribution in [0.2, 0.25) is 0 Å². The Kier molecular flexibility index (Phi) is 3.95.